The van der Waals surface area contributed by atoms with E-state index < -0.39 is 6.10 Å². The average Bonchev–Trinajstić information content (AvgIpc) is 2.73. The number of aliphatic hydroxyl groups excluding tert-OH is 1. The van der Waals surface area contributed by atoms with Gasteiger partial charge in [-0.15, -0.1) is 0 Å². The van der Waals surface area contributed by atoms with Crippen LogP contribution in [0.5, 0.6) is 5.75 Å². The first-order chi connectivity index (χ1) is 14.4. The molecule has 0 spiro atoms. The fourth-order valence-electron chi connectivity index (χ4n) is 3.92. The Labute approximate surface area is 179 Å². The van der Waals surface area contributed by atoms with E-state index in [-0.39, 0.29) is 5.91 Å². The molecule has 0 aromatic heterocycles. The summed E-state index contributed by atoms with van der Waals surface area (Å²) in [5.74, 6) is 0.853. The Morgan fingerprint density at radius 2 is 1.63 bits per heavy atom. The van der Waals surface area contributed by atoms with E-state index in [2.05, 4.69) is 15.1 Å². The number of hydrogen-bond donors (Lipinski definition) is 2. The summed E-state index contributed by atoms with van der Waals surface area (Å²) in [6, 6.07) is 13.9. The van der Waals surface area contributed by atoms with Crippen LogP contribution >= 0.6 is 0 Å². The lowest BCUT2D eigenvalue weighted by Crippen LogP contribution is -2.50. The molecular weight excluding hydrogens is 378 g/mol. The molecule has 1 amide bonds. The number of methoxy groups -OCH3 is 1. The lowest BCUT2D eigenvalue weighted by molar-refractivity contribution is -0.117. The predicted octanol–water partition coefficient (Wildman–Crippen LogP) is 2.47. The first kappa shape index (κ1) is 22.3. The third-order valence-electron chi connectivity index (χ3n) is 5.68. The van der Waals surface area contributed by atoms with Gasteiger partial charge in [0.25, 0.3) is 0 Å². The average molecular weight is 412 g/mol. The van der Waals surface area contributed by atoms with Gasteiger partial charge < -0.3 is 15.2 Å². The normalized spacial score (nSPS) is 16.3. The number of rotatable bonds is 8. The number of carbonyl (C=O) groups is 1. The largest absolute Gasteiger partial charge is 0.497 e. The van der Waals surface area contributed by atoms with Crippen LogP contribution in [0.1, 0.15) is 16.7 Å². The van der Waals surface area contributed by atoms with E-state index in [1.807, 2.05) is 56.3 Å². The van der Waals surface area contributed by atoms with Crippen LogP contribution < -0.4 is 10.1 Å². The summed E-state index contributed by atoms with van der Waals surface area (Å²) in [6.45, 7) is 8.44. The Hall–Kier alpha value is -2.41. The van der Waals surface area contributed by atoms with E-state index in [1.54, 1.807) is 7.11 Å². The van der Waals surface area contributed by atoms with E-state index in [9.17, 15) is 9.90 Å². The monoisotopic (exact) mass is 411 g/mol. The highest BCUT2D eigenvalue weighted by molar-refractivity contribution is 5.93. The molecule has 1 aliphatic heterocycles. The molecular formula is C24H33N3O3. The number of anilines is 1. The summed E-state index contributed by atoms with van der Waals surface area (Å²) in [6.07, 6.45) is 0.222. The van der Waals surface area contributed by atoms with Crippen LogP contribution in [0.25, 0.3) is 0 Å². The number of hydrogen-bond acceptors (Lipinski definition) is 5. The maximum Gasteiger partial charge on any atom is 0.238 e. The first-order valence-corrected chi connectivity index (χ1v) is 10.6. The molecule has 2 N–H and O–H groups in total. The highest BCUT2D eigenvalue weighted by Crippen LogP contribution is 2.19. The fourth-order valence-corrected chi connectivity index (χ4v) is 3.92. The minimum absolute atomic E-state index is 0.0281. The number of nitrogens with one attached hydrogen (secondary N) is 1. The predicted molar refractivity (Wildman–Crippen MR) is 120 cm³/mol. The van der Waals surface area contributed by atoms with Crippen molar-refractivity contribution in [2.45, 2.75) is 26.4 Å². The molecule has 1 fully saturated rings. The van der Waals surface area contributed by atoms with Crippen LogP contribution in [0.3, 0.4) is 0 Å². The van der Waals surface area contributed by atoms with Gasteiger partial charge in [0.15, 0.2) is 0 Å². The Morgan fingerprint density at radius 1 is 1.03 bits per heavy atom. The Morgan fingerprint density at radius 3 is 2.23 bits per heavy atom. The second-order valence-corrected chi connectivity index (χ2v) is 8.10. The van der Waals surface area contributed by atoms with Crippen molar-refractivity contribution in [1.29, 1.82) is 0 Å². The smallest absolute Gasteiger partial charge is 0.238 e. The van der Waals surface area contributed by atoms with E-state index in [0.29, 0.717) is 19.5 Å². The van der Waals surface area contributed by atoms with E-state index >= 15 is 0 Å². The van der Waals surface area contributed by atoms with Crippen molar-refractivity contribution < 1.29 is 14.6 Å². The SMILES string of the molecule is COc1ccc(CC(O)CN2CCN(CC(=O)Nc3c(C)cccc3C)CC2)cc1. The number of nitrogens with zero attached hydrogens (tertiary/aromatic N) is 2. The maximum absolute atomic E-state index is 12.5. The van der Waals surface area contributed by atoms with Crippen molar-refractivity contribution >= 4 is 11.6 Å². The van der Waals surface area contributed by atoms with Crippen LogP contribution in [0, 0.1) is 13.8 Å². The molecule has 2 aromatic carbocycles. The molecule has 1 atom stereocenters. The number of carbonyl (C=O) groups excluding carboxylic acids is 1. The van der Waals surface area contributed by atoms with Crippen LogP contribution in [-0.4, -0.2) is 73.3 Å². The van der Waals surface area contributed by atoms with E-state index in [0.717, 1.165) is 54.3 Å². The lowest BCUT2D eigenvalue weighted by atomic mass is 10.1. The van der Waals surface area contributed by atoms with E-state index in [1.165, 1.54) is 0 Å². The summed E-state index contributed by atoms with van der Waals surface area (Å²) < 4.78 is 5.17. The van der Waals surface area contributed by atoms with Gasteiger partial charge in [0.1, 0.15) is 5.75 Å². The molecule has 6 nitrogen and oxygen atoms in total. The standard InChI is InChI=1S/C24H33N3O3/c1-18-5-4-6-19(2)24(18)25-23(29)17-27-13-11-26(12-14-27)16-21(28)15-20-7-9-22(30-3)10-8-20/h4-10,21,28H,11-17H2,1-3H3,(H,25,29). The summed E-state index contributed by atoms with van der Waals surface area (Å²) in [5.41, 5.74) is 4.19. The summed E-state index contributed by atoms with van der Waals surface area (Å²) in [5, 5.41) is 13.5. The number of amides is 1. The van der Waals surface area contributed by atoms with Crippen LogP contribution in [0.15, 0.2) is 42.5 Å². The molecule has 1 heterocycles. The topological polar surface area (TPSA) is 65.0 Å². The molecule has 3 rings (SSSR count). The molecule has 162 valence electrons. The zero-order valence-electron chi connectivity index (χ0n) is 18.2. The van der Waals surface area contributed by atoms with Gasteiger partial charge in [-0.3, -0.25) is 14.6 Å². The maximum atomic E-state index is 12.5. The second kappa shape index (κ2) is 10.6. The summed E-state index contributed by atoms with van der Waals surface area (Å²) >= 11 is 0. The molecule has 0 radical (unpaired) electrons. The van der Waals surface area contributed by atoms with Crippen LogP contribution in [0.4, 0.5) is 5.69 Å². The highest BCUT2D eigenvalue weighted by atomic mass is 16.5. The van der Waals surface area contributed by atoms with Gasteiger partial charge in [-0.05, 0) is 49.1 Å². The van der Waals surface area contributed by atoms with Crippen molar-refractivity contribution in [3.05, 3.63) is 59.2 Å². The zero-order chi connectivity index (χ0) is 21.5. The second-order valence-electron chi connectivity index (χ2n) is 8.10. The molecule has 30 heavy (non-hydrogen) atoms. The quantitative estimate of drug-likeness (QED) is 0.699. The number of β-amino-alcohol motifs (C(OH)–C–C–N with tert-alkyl or cyclic N) is 1. The molecule has 1 unspecified atom stereocenters. The number of piperazine rings is 1. The number of aryl methyl sites for hydroxylation is 2. The van der Waals surface area contributed by atoms with Gasteiger partial charge in [-0.2, -0.15) is 0 Å². The van der Waals surface area contributed by atoms with Crippen molar-refractivity contribution in [2.75, 3.05) is 51.7 Å². The van der Waals surface area contributed by atoms with Gasteiger partial charge >= 0.3 is 0 Å². The number of ether oxygens (including phenoxy) is 1. The van der Waals surface area contributed by atoms with Gasteiger partial charge in [0.2, 0.25) is 5.91 Å². The third kappa shape index (κ3) is 6.29. The molecule has 0 saturated carbocycles. The number of aliphatic hydroxyl groups is 1. The summed E-state index contributed by atoms with van der Waals surface area (Å²) in [7, 11) is 1.65. The Balaban J connectivity index is 1.40. The van der Waals surface area contributed by atoms with Crippen molar-refractivity contribution in [2.24, 2.45) is 0 Å². The van der Waals surface area contributed by atoms with Crippen molar-refractivity contribution in [3.8, 4) is 5.75 Å². The third-order valence-corrected chi connectivity index (χ3v) is 5.68. The van der Waals surface area contributed by atoms with Gasteiger partial charge in [0, 0.05) is 38.4 Å². The van der Waals surface area contributed by atoms with Crippen LogP contribution in [-0.2, 0) is 11.2 Å². The molecule has 0 aliphatic carbocycles. The van der Waals surface area contributed by atoms with Crippen LogP contribution in [0.2, 0.25) is 0 Å². The van der Waals surface area contributed by atoms with Gasteiger partial charge in [0.05, 0.1) is 19.8 Å². The molecule has 1 aliphatic rings. The lowest BCUT2D eigenvalue weighted by Gasteiger charge is -2.35. The fraction of sp³-hybridized carbons (Fsp3) is 0.458. The first-order valence-electron chi connectivity index (χ1n) is 10.6. The molecule has 1 saturated heterocycles. The van der Waals surface area contributed by atoms with Crippen molar-refractivity contribution in [3.63, 3.8) is 0 Å². The van der Waals surface area contributed by atoms with Gasteiger partial charge in [-0.1, -0.05) is 30.3 Å². The zero-order valence-corrected chi connectivity index (χ0v) is 18.2. The van der Waals surface area contributed by atoms with Crippen molar-refractivity contribution in [1.82, 2.24) is 9.80 Å². The highest BCUT2D eigenvalue weighted by Gasteiger charge is 2.21. The minimum atomic E-state index is -0.405. The minimum Gasteiger partial charge on any atom is -0.497 e. The number of benzene rings is 2. The molecule has 6 heteroatoms. The van der Waals surface area contributed by atoms with Gasteiger partial charge in [-0.25, -0.2) is 0 Å². The Bertz CT molecular complexity index is 810. The molecule has 0 bridgehead atoms. The Kier molecular flexibility index (Phi) is 7.85. The molecule has 2 aromatic rings. The summed E-state index contributed by atoms with van der Waals surface area (Å²) in [4.78, 5) is 16.9. The number of para-hydroxylation sites is 1. The van der Waals surface area contributed by atoms with E-state index in [4.69, 9.17) is 4.74 Å².